The van der Waals surface area contributed by atoms with Crippen LogP contribution >= 0.6 is 11.3 Å². The lowest BCUT2D eigenvalue weighted by Gasteiger charge is -2.05. The second kappa shape index (κ2) is 4.03. The van der Waals surface area contributed by atoms with Crippen LogP contribution in [-0.2, 0) is 0 Å². The van der Waals surface area contributed by atoms with Crippen molar-refractivity contribution >= 4 is 22.2 Å². The SMILES string of the molecule is O=c1[nH]c2cccc(F)c2c(F)c1-c1cccs1. The Bertz CT molecular complexity index is 778. The molecule has 2 nitrogen and oxygen atoms in total. The molecule has 0 aliphatic rings. The molecule has 1 aromatic carbocycles. The molecule has 0 aliphatic carbocycles. The molecule has 0 atom stereocenters. The second-order valence-corrected chi connectivity index (χ2v) is 4.73. The van der Waals surface area contributed by atoms with Crippen LogP contribution in [0.15, 0.2) is 40.5 Å². The van der Waals surface area contributed by atoms with Gasteiger partial charge in [0.25, 0.3) is 5.56 Å². The monoisotopic (exact) mass is 263 g/mol. The van der Waals surface area contributed by atoms with E-state index in [1.807, 2.05) is 0 Å². The minimum atomic E-state index is -0.811. The van der Waals surface area contributed by atoms with Crippen LogP contribution in [0, 0.1) is 11.6 Å². The summed E-state index contributed by atoms with van der Waals surface area (Å²) >= 11 is 1.24. The molecule has 90 valence electrons. The van der Waals surface area contributed by atoms with Gasteiger partial charge in [-0.05, 0) is 23.6 Å². The molecule has 0 spiro atoms. The number of thiophene rings is 1. The van der Waals surface area contributed by atoms with Crippen molar-refractivity contribution in [3.63, 3.8) is 0 Å². The van der Waals surface area contributed by atoms with Gasteiger partial charge in [0, 0.05) is 4.88 Å². The molecule has 0 radical (unpaired) electrons. The third-order valence-corrected chi connectivity index (χ3v) is 3.58. The first-order chi connectivity index (χ1) is 8.68. The van der Waals surface area contributed by atoms with E-state index in [1.165, 1.54) is 29.5 Å². The maximum Gasteiger partial charge on any atom is 0.260 e. The van der Waals surface area contributed by atoms with Crippen molar-refractivity contribution < 1.29 is 8.78 Å². The van der Waals surface area contributed by atoms with E-state index < -0.39 is 17.2 Å². The van der Waals surface area contributed by atoms with Gasteiger partial charge in [-0.15, -0.1) is 11.3 Å². The Morgan fingerprint density at radius 2 is 1.94 bits per heavy atom. The Morgan fingerprint density at radius 1 is 1.11 bits per heavy atom. The minimum absolute atomic E-state index is 0.109. The van der Waals surface area contributed by atoms with E-state index in [2.05, 4.69) is 4.98 Å². The van der Waals surface area contributed by atoms with E-state index >= 15 is 0 Å². The first-order valence-electron chi connectivity index (χ1n) is 5.22. The standard InChI is InChI=1S/C13H7F2NOS/c14-7-3-1-4-8-10(7)12(15)11(13(17)16-8)9-5-2-6-18-9/h1-6H,(H,16,17). The molecular formula is C13H7F2NOS. The molecule has 1 N–H and O–H groups in total. The fourth-order valence-corrected chi connectivity index (χ4v) is 2.66. The molecule has 0 amide bonds. The lowest BCUT2D eigenvalue weighted by Crippen LogP contribution is -2.11. The van der Waals surface area contributed by atoms with Crippen LogP contribution in [0.1, 0.15) is 0 Å². The summed E-state index contributed by atoms with van der Waals surface area (Å²) in [5.74, 6) is -1.49. The van der Waals surface area contributed by atoms with E-state index in [1.54, 1.807) is 17.5 Å². The van der Waals surface area contributed by atoms with Gasteiger partial charge in [0.15, 0.2) is 0 Å². The second-order valence-electron chi connectivity index (χ2n) is 3.78. The fourth-order valence-electron chi connectivity index (χ4n) is 1.90. The molecular weight excluding hydrogens is 256 g/mol. The summed E-state index contributed by atoms with van der Waals surface area (Å²) < 4.78 is 27.9. The van der Waals surface area contributed by atoms with E-state index in [-0.39, 0.29) is 16.5 Å². The van der Waals surface area contributed by atoms with Crippen molar-refractivity contribution in [3.8, 4) is 10.4 Å². The molecule has 2 aromatic heterocycles. The van der Waals surface area contributed by atoms with Gasteiger partial charge in [0.05, 0.1) is 16.5 Å². The average molecular weight is 263 g/mol. The maximum absolute atomic E-state index is 14.3. The number of halogens is 2. The van der Waals surface area contributed by atoms with E-state index in [4.69, 9.17) is 0 Å². The van der Waals surface area contributed by atoms with Crippen molar-refractivity contribution in [2.45, 2.75) is 0 Å². The quantitative estimate of drug-likeness (QED) is 0.715. The van der Waals surface area contributed by atoms with Crippen molar-refractivity contribution in [1.82, 2.24) is 4.98 Å². The topological polar surface area (TPSA) is 32.9 Å². The number of benzene rings is 1. The normalized spacial score (nSPS) is 11.0. The van der Waals surface area contributed by atoms with Crippen molar-refractivity contribution in [2.24, 2.45) is 0 Å². The predicted octanol–water partition coefficient (Wildman–Crippen LogP) is 3.53. The van der Waals surface area contributed by atoms with Crippen molar-refractivity contribution in [1.29, 1.82) is 0 Å². The van der Waals surface area contributed by atoms with Gasteiger partial charge in [-0.3, -0.25) is 4.79 Å². The molecule has 0 fully saturated rings. The van der Waals surface area contributed by atoms with Crippen molar-refractivity contribution in [3.05, 3.63) is 57.7 Å². The largest absolute Gasteiger partial charge is 0.321 e. The van der Waals surface area contributed by atoms with E-state index in [9.17, 15) is 13.6 Å². The summed E-state index contributed by atoms with van der Waals surface area (Å²) in [6.45, 7) is 0. The highest BCUT2D eigenvalue weighted by molar-refractivity contribution is 7.13. The summed E-state index contributed by atoms with van der Waals surface area (Å²) in [4.78, 5) is 14.8. The number of fused-ring (bicyclic) bond motifs is 1. The number of hydrogen-bond acceptors (Lipinski definition) is 2. The van der Waals surface area contributed by atoms with Crippen LogP contribution in [0.2, 0.25) is 0 Å². The van der Waals surface area contributed by atoms with Gasteiger partial charge < -0.3 is 4.98 Å². The third kappa shape index (κ3) is 1.55. The molecule has 0 saturated carbocycles. The summed E-state index contributed by atoms with van der Waals surface area (Å²) in [7, 11) is 0. The molecule has 2 heterocycles. The number of H-pyrrole nitrogens is 1. The van der Waals surface area contributed by atoms with Crippen LogP contribution in [0.25, 0.3) is 21.3 Å². The Morgan fingerprint density at radius 3 is 2.67 bits per heavy atom. The molecule has 0 aliphatic heterocycles. The van der Waals surface area contributed by atoms with Crippen LogP contribution < -0.4 is 5.56 Å². The lowest BCUT2D eigenvalue weighted by atomic mass is 10.1. The molecule has 0 saturated heterocycles. The first-order valence-corrected chi connectivity index (χ1v) is 6.10. The third-order valence-electron chi connectivity index (χ3n) is 2.70. The summed E-state index contributed by atoms with van der Waals surface area (Å²) in [5.41, 5.74) is -0.492. The van der Waals surface area contributed by atoms with Gasteiger partial charge in [-0.1, -0.05) is 12.1 Å². The van der Waals surface area contributed by atoms with Gasteiger partial charge in [-0.2, -0.15) is 0 Å². The minimum Gasteiger partial charge on any atom is -0.321 e. The fraction of sp³-hybridized carbons (Fsp3) is 0. The van der Waals surface area contributed by atoms with Crippen molar-refractivity contribution in [2.75, 3.05) is 0 Å². The van der Waals surface area contributed by atoms with Gasteiger partial charge in [0.1, 0.15) is 11.6 Å². The van der Waals surface area contributed by atoms with Crippen LogP contribution in [0.5, 0.6) is 0 Å². The van der Waals surface area contributed by atoms with Gasteiger partial charge in [-0.25, -0.2) is 8.78 Å². The molecule has 3 rings (SSSR count). The van der Waals surface area contributed by atoms with E-state index in [0.717, 1.165) is 0 Å². The van der Waals surface area contributed by atoms with Gasteiger partial charge in [0.2, 0.25) is 0 Å². The zero-order valence-electron chi connectivity index (χ0n) is 9.04. The Labute approximate surface area is 105 Å². The molecule has 0 bridgehead atoms. The molecule has 18 heavy (non-hydrogen) atoms. The van der Waals surface area contributed by atoms with Crippen LogP contribution in [-0.4, -0.2) is 4.98 Å². The highest BCUT2D eigenvalue weighted by Crippen LogP contribution is 2.28. The van der Waals surface area contributed by atoms with E-state index in [0.29, 0.717) is 4.88 Å². The van der Waals surface area contributed by atoms with Crippen LogP contribution in [0.3, 0.4) is 0 Å². The summed E-state index contributed by atoms with van der Waals surface area (Å²) in [6, 6.07) is 7.41. The lowest BCUT2D eigenvalue weighted by molar-refractivity contribution is 0.608. The Kier molecular flexibility index (Phi) is 2.48. The zero-order chi connectivity index (χ0) is 12.7. The summed E-state index contributed by atoms with van der Waals surface area (Å²) in [6.07, 6.45) is 0. The molecule has 5 heteroatoms. The Balaban J connectivity index is 2.48. The number of nitrogens with one attached hydrogen (secondary N) is 1. The number of hydrogen-bond donors (Lipinski definition) is 1. The number of pyridine rings is 1. The average Bonchev–Trinajstić information content (AvgIpc) is 2.82. The Hall–Kier alpha value is -2.01. The number of aromatic nitrogens is 1. The highest BCUT2D eigenvalue weighted by atomic mass is 32.1. The molecule has 0 unspecified atom stereocenters. The number of rotatable bonds is 1. The number of aromatic amines is 1. The summed E-state index contributed by atoms with van der Waals surface area (Å²) in [5, 5.41) is 1.56. The molecule has 3 aromatic rings. The van der Waals surface area contributed by atoms with Crippen LogP contribution in [0.4, 0.5) is 8.78 Å². The predicted molar refractivity (Wildman–Crippen MR) is 67.8 cm³/mol. The smallest absolute Gasteiger partial charge is 0.260 e. The maximum atomic E-state index is 14.3. The highest BCUT2D eigenvalue weighted by Gasteiger charge is 2.17. The first kappa shape index (κ1) is 11.1. The van der Waals surface area contributed by atoms with Gasteiger partial charge >= 0.3 is 0 Å². The zero-order valence-corrected chi connectivity index (χ0v) is 9.85.